The number of aliphatic hydroxyl groups is 2. The third-order valence-electron chi connectivity index (χ3n) is 9.25. The first-order valence-electron chi connectivity index (χ1n) is 16.3. The Kier molecular flexibility index (Phi) is 11.0. The van der Waals surface area contributed by atoms with Crippen LogP contribution in [0, 0.1) is 5.92 Å². The molecule has 6 N–H and O–H groups in total. The van der Waals surface area contributed by atoms with E-state index < -0.39 is 64.8 Å². The number of hydrogen-bond acceptors (Lipinski definition) is 10. The molecule has 2 aliphatic heterocycles. The first-order chi connectivity index (χ1) is 21.5. The van der Waals surface area contributed by atoms with Gasteiger partial charge in [0, 0.05) is 26.2 Å². The molecule has 0 spiro atoms. The van der Waals surface area contributed by atoms with Crippen molar-refractivity contribution < 1.29 is 38.9 Å². The number of aliphatic hydroxyl groups excluding tert-OH is 1. The summed E-state index contributed by atoms with van der Waals surface area (Å²) in [5.41, 5.74) is 2.41. The lowest BCUT2D eigenvalue weighted by Gasteiger charge is -2.41. The Bertz CT molecular complexity index is 1240. The first kappa shape index (κ1) is 35.6. The van der Waals surface area contributed by atoms with E-state index in [0.29, 0.717) is 12.1 Å². The van der Waals surface area contributed by atoms with Crippen LogP contribution < -0.4 is 16.4 Å². The molecule has 1 saturated carbocycles. The van der Waals surface area contributed by atoms with Gasteiger partial charge in [-0.15, -0.1) is 5.10 Å². The summed E-state index contributed by atoms with van der Waals surface area (Å²) in [6.07, 6.45) is 4.85. The molecule has 4 rings (SSSR count). The molecule has 3 heterocycles. The van der Waals surface area contributed by atoms with Gasteiger partial charge in [-0.25, -0.2) is 9.48 Å². The van der Waals surface area contributed by atoms with Crippen molar-refractivity contribution in [3.8, 4) is 0 Å². The molecule has 0 bridgehead atoms. The summed E-state index contributed by atoms with van der Waals surface area (Å²) in [4.78, 5) is 55.2. The molecule has 1 aliphatic carbocycles. The second-order valence-electron chi connectivity index (χ2n) is 14.5. The molecule has 1 aromatic heterocycles. The minimum Gasteiger partial charge on any atom is -0.444 e. The molecule has 4 atom stereocenters. The number of ether oxygens (including phenoxy) is 2. The van der Waals surface area contributed by atoms with Gasteiger partial charge in [0.2, 0.25) is 17.7 Å². The molecule has 3 aliphatic rings. The van der Waals surface area contributed by atoms with Gasteiger partial charge in [0.25, 0.3) is 0 Å². The van der Waals surface area contributed by atoms with E-state index in [1.807, 2.05) is 0 Å². The molecule has 15 heteroatoms. The van der Waals surface area contributed by atoms with Crippen LogP contribution >= 0.6 is 0 Å². The topological polar surface area (TPSA) is 211 Å². The van der Waals surface area contributed by atoms with Crippen LogP contribution in [0.5, 0.6) is 0 Å². The fourth-order valence-corrected chi connectivity index (χ4v) is 6.87. The van der Waals surface area contributed by atoms with Crippen molar-refractivity contribution in [2.45, 2.75) is 133 Å². The van der Waals surface area contributed by atoms with Crippen LogP contribution in [-0.2, 0) is 29.5 Å². The molecule has 2 saturated heterocycles. The number of carbonyl (C=O) groups excluding carboxylic acids is 4. The first-order valence-corrected chi connectivity index (χ1v) is 16.3. The molecule has 46 heavy (non-hydrogen) atoms. The molecule has 0 aromatic carbocycles. The molecule has 4 amide bonds. The number of likely N-dealkylation sites (tertiary alicyclic amines) is 1. The quantitative estimate of drug-likeness (QED) is 0.243. The molecular formula is C31H51N7O8. The molecule has 258 valence electrons. The van der Waals surface area contributed by atoms with Crippen LogP contribution in [-0.4, -0.2) is 103 Å². The van der Waals surface area contributed by atoms with Crippen LogP contribution in [0.25, 0.3) is 0 Å². The fourth-order valence-electron chi connectivity index (χ4n) is 6.87. The van der Waals surface area contributed by atoms with Gasteiger partial charge in [0.05, 0.1) is 23.5 Å². The van der Waals surface area contributed by atoms with Gasteiger partial charge in [0.15, 0.2) is 6.10 Å². The van der Waals surface area contributed by atoms with E-state index in [1.54, 1.807) is 34.6 Å². The van der Waals surface area contributed by atoms with Crippen LogP contribution in [0.2, 0.25) is 0 Å². The van der Waals surface area contributed by atoms with E-state index in [0.717, 1.165) is 32.1 Å². The number of aromatic nitrogens is 3. The van der Waals surface area contributed by atoms with Gasteiger partial charge in [-0.2, -0.15) is 0 Å². The molecule has 3 fully saturated rings. The third kappa shape index (κ3) is 8.53. The lowest BCUT2D eigenvalue weighted by molar-refractivity contribution is -0.145. The largest absolute Gasteiger partial charge is 0.444 e. The standard InChI is InChI=1S/C31H51N7O8/c1-29(2,3)46-28(43)34-21(15-19-9-7-6-8-10-19)27(42)37-18-20(38-23(17-33-36-38)30(4,5)44)16-22(37)26(41)35-31(24(39)25(32)40)11-13-45-14-12-31/h17,19-22,24,39,44H,6-16,18H2,1-5H3,(H2,32,40)(H,34,43)(H,35,41)/t20-,21+,22-,24?/m0/s1. The second kappa shape index (κ2) is 14.2. The van der Waals surface area contributed by atoms with E-state index in [-0.39, 0.29) is 44.9 Å². The van der Waals surface area contributed by atoms with Crippen molar-refractivity contribution in [3.05, 3.63) is 11.9 Å². The van der Waals surface area contributed by atoms with Gasteiger partial charge in [-0.1, -0.05) is 37.3 Å². The van der Waals surface area contributed by atoms with Crippen molar-refractivity contribution in [2.24, 2.45) is 11.7 Å². The van der Waals surface area contributed by atoms with Crippen LogP contribution in [0.1, 0.15) is 104 Å². The fraction of sp³-hybridized carbons (Fsp3) is 0.806. The van der Waals surface area contributed by atoms with E-state index in [4.69, 9.17) is 15.2 Å². The number of primary amides is 1. The normalized spacial score (nSPS) is 23.8. The summed E-state index contributed by atoms with van der Waals surface area (Å²) >= 11 is 0. The number of nitrogens with zero attached hydrogens (tertiary/aromatic N) is 4. The highest BCUT2D eigenvalue weighted by Crippen LogP contribution is 2.34. The van der Waals surface area contributed by atoms with Gasteiger partial charge in [0.1, 0.15) is 23.3 Å². The zero-order chi connectivity index (χ0) is 33.9. The predicted octanol–water partition coefficient (Wildman–Crippen LogP) is 1.02. The van der Waals surface area contributed by atoms with E-state index in [9.17, 15) is 29.4 Å². The average Bonchev–Trinajstić information content (AvgIpc) is 3.64. The summed E-state index contributed by atoms with van der Waals surface area (Å²) in [6, 6.07) is -2.58. The van der Waals surface area contributed by atoms with Gasteiger partial charge < -0.3 is 41.0 Å². The number of nitrogens with one attached hydrogen (secondary N) is 2. The number of nitrogens with two attached hydrogens (primary N) is 1. The molecule has 1 unspecified atom stereocenters. The number of carbonyl (C=O) groups is 4. The zero-order valence-corrected chi connectivity index (χ0v) is 27.7. The van der Waals surface area contributed by atoms with E-state index in [2.05, 4.69) is 20.9 Å². The summed E-state index contributed by atoms with van der Waals surface area (Å²) < 4.78 is 12.5. The number of alkyl carbamates (subject to hydrolysis) is 1. The molecule has 15 nitrogen and oxygen atoms in total. The van der Waals surface area contributed by atoms with Crippen molar-refractivity contribution >= 4 is 23.8 Å². The third-order valence-corrected chi connectivity index (χ3v) is 9.25. The van der Waals surface area contributed by atoms with E-state index in [1.165, 1.54) is 15.8 Å². The summed E-state index contributed by atoms with van der Waals surface area (Å²) in [5, 5.41) is 35.4. The SMILES string of the molecule is CC(C)(C)OC(=O)N[C@H](CC1CCCCC1)C(=O)N1C[C@@H](n2nncc2C(C)(C)O)C[C@H]1C(=O)NC1(C(O)C(N)=O)CCOCC1. The second-order valence-corrected chi connectivity index (χ2v) is 14.5. The Morgan fingerprint density at radius 2 is 1.78 bits per heavy atom. The predicted molar refractivity (Wildman–Crippen MR) is 165 cm³/mol. The maximum atomic E-state index is 14.5. The van der Waals surface area contributed by atoms with Crippen molar-refractivity contribution in [1.29, 1.82) is 0 Å². The van der Waals surface area contributed by atoms with Crippen LogP contribution in [0.3, 0.4) is 0 Å². The van der Waals surface area contributed by atoms with E-state index >= 15 is 0 Å². The average molecular weight is 650 g/mol. The maximum Gasteiger partial charge on any atom is 0.408 e. The maximum absolute atomic E-state index is 14.5. The van der Waals surface area contributed by atoms with Crippen molar-refractivity contribution in [3.63, 3.8) is 0 Å². The zero-order valence-electron chi connectivity index (χ0n) is 27.7. The van der Waals surface area contributed by atoms with Crippen molar-refractivity contribution in [2.75, 3.05) is 19.8 Å². The summed E-state index contributed by atoms with van der Waals surface area (Å²) in [6.45, 7) is 8.82. The van der Waals surface area contributed by atoms with Gasteiger partial charge in [-0.05, 0) is 59.8 Å². The molecular weight excluding hydrogens is 598 g/mol. The van der Waals surface area contributed by atoms with Crippen LogP contribution in [0.15, 0.2) is 6.20 Å². The highest BCUT2D eigenvalue weighted by atomic mass is 16.6. The molecule has 1 aromatic rings. The monoisotopic (exact) mass is 649 g/mol. The Morgan fingerprint density at radius 1 is 1.13 bits per heavy atom. The van der Waals surface area contributed by atoms with Gasteiger partial charge in [-0.3, -0.25) is 14.4 Å². The Balaban J connectivity index is 1.68. The highest BCUT2D eigenvalue weighted by molar-refractivity contribution is 5.93. The van der Waals surface area contributed by atoms with Gasteiger partial charge >= 0.3 is 6.09 Å². The lowest BCUT2D eigenvalue weighted by Crippen LogP contribution is -2.65. The summed E-state index contributed by atoms with van der Waals surface area (Å²) in [7, 11) is 0. The van der Waals surface area contributed by atoms with Crippen molar-refractivity contribution in [1.82, 2.24) is 30.5 Å². The summed E-state index contributed by atoms with van der Waals surface area (Å²) in [5.74, 6) is -1.82. The Labute approximate surface area is 269 Å². The minimum absolute atomic E-state index is 0.0367. The number of rotatable bonds is 10. The smallest absolute Gasteiger partial charge is 0.408 e. The Morgan fingerprint density at radius 3 is 2.37 bits per heavy atom. The lowest BCUT2D eigenvalue weighted by atomic mass is 9.83. The molecule has 0 radical (unpaired) electrons. The Hall–Kier alpha value is -3.30. The minimum atomic E-state index is -1.67. The number of amides is 4. The highest BCUT2D eigenvalue weighted by Gasteiger charge is 2.49. The van der Waals surface area contributed by atoms with Crippen LogP contribution in [0.4, 0.5) is 4.79 Å². The number of hydrogen-bond donors (Lipinski definition) is 5.